The van der Waals surface area contributed by atoms with Crippen molar-refractivity contribution in [3.05, 3.63) is 11.6 Å². The van der Waals surface area contributed by atoms with Crippen molar-refractivity contribution in [3.8, 4) is 0 Å². The first-order chi connectivity index (χ1) is 15.7. The van der Waals surface area contributed by atoms with Crippen molar-refractivity contribution in [1.82, 2.24) is 0 Å². The maximum atomic E-state index is 12.2. The van der Waals surface area contributed by atoms with Crippen molar-refractivity contribution in [2.24, 2.45) is 50.2 Å². The van der Waals surface area contributed by atoms with E-state index in [0.717, 1.165) is 51.4 Å². The first-order valence-electron chi connectivity index (χ1n) is 13.9. The molecule has 5 aliphatic carbocycles. The Bertz CT molecular complexity index is 911. The molecule has 0 spiro atoms. The van der Waals surface area contributed by atoms with Gasteiger partial charge in [-0.25, -0.2) is 0 Å². The third kappa shape index (κ3) is 2.88. The van der Waals surface area contributed by atoms with E-state index in [-0.39, 0.29) is 28.3 Å². The number of carbonyl (C=O) groups is 1. The molecule has 0 saturated heterocycles. The third-order valence-electron chi connectivity index (χ3n) is 13.5. The van der Waals surface area contributed by atoms with Gasteiger partial charge in [-0.1, -0.05) is 46.3 Å². The van der Waals surface area contributed by atoms with E-state index in [9.17, 15) is 20.1 Å². The Labute approximate surface area is 206 Å². The molecule has 0 aliphatic heterocycles. The minimum atomic E-state index is -0.626. The van der Waals surface area contributed by atoms with Gasteiger partial charge in [-0.3, -0.25) is 4.79 Å². The second-order valence-corrected chi connectivity index (χ2v) is 14.8. The molecule has 4 fully saturated rings. The molecule has 0 aromatic rings. The van der Waals surface area contributed by atoms with Crippen LogP contribution in [0.5, 0.6) is 0 Å². The van der Waals surface area contributed by atoms with Gasteiger partial charge in [0, 0.05) is 5.41 Å². The molecule has 0 amide bonds. The summed E-state index contributed by atoms with van der Waals surface area (Å²) in [7, 11) is 0. The van der Waals surface area contributed by atoms with Crippen LogP contribution < -0.4 is 0 Å². The summed E-state index contributed by atoms with van der Waals surface area (Å²) >= 11 is 0. The van der Waals surface area contributed by atoms with Gasteiger partial charge in [0.05, 0.1) is 18.1 Å². The molecule has 4 heteroatoms. The van der Waals surface area contributed by atoms with Gasteiger partial charge in [-0.15, -0.1) is 0 Å². The molecular formula is C30H48O4. The van der Waals surface area contributed by atoms with Gasteiger partial charge in [0.1, 0.15) is 0 Å². The summed E-state index contributed by atoms with van der Waals surface area (Å²) in [6.45, 7) is 14.1. The van der Waals surface area contributed by atoms with Gasteiger partial charge in [-0.2, -0.15) is 0 Å². The number of hydrogen-bond donors (Lipinski definition) is 3. The summed E-state index contributed by atoms with van der Waals surface area (Å²) in [5.41, 5.74) is 1.13. The zero-order valence-electron chi connectivity index (χ0n) is 22.4. The maximum Gasteiger partial charge on any atom is 0.309 e. The van der Waals surface area contributed by atoms with Gasteiger partial charge in [-0.05, 0) is 111 Å². The van der Waals surface area contributed by atoms with E-state index >= 15 is 0 Å². The van der Waals surface area contributed by atoms with Gasteiger partial charge >= 0.3 is 5.97 Å². The average Bonchev–Trinajstić information content (AvgIpc) is 2.78. The smallest absolute Gasteiger partial charge is 0.309 e. The van der Waals surface area contributed by atoms with Crippen LogP contribution in [0.4, 0.5) is 0 Å². The van der Waals surface area contributed by atoms with E-state index in [1.54, 1.807) is 5.57 Å². The highest BCUT2D eigenvalue weighted by Gasteiger charge is 2.68. The molecule has 0 heterocycles. The SMILES string of the molecule is C[C@@]1(C(=O)O)CC[C@]2(C)CC[C@]3(C)C(=CC[C@@H]4[C@@]5(C)CC[C@H](O)[C@@](C)(CO)[C@@H]5CC[C@]43C)[C@@H]2C1. The number of hydrogen-bond acceptors (Lipinski definition) is 3. The van der Waals surface area contributed by atoms with Gasteiger partial charge in [0.2, 0.25) is 0 Å². The summed E-state index contributed by atoms with van der Waals surface area (Å²) < 4.78 is 0. The van der Waals surface area contributed by atoms with Crippen LogP contribution >= 0.6 is 0 Å². The molecule has 0 aromatic heterocycles. The van der Waals surface area contributed by atoms with Crippen molar-refractivity contribution >= 4 is 5.97 Å². The molecule has 10 atom stereocenters. The maximum absolute atomic E-state index is 12.2. The van der Waals surface area contributed by atoms with E-state index in [2.05, 4.69) is 40.7 Å². The molecule has 0 radical (unpaired) electrons. The standard InChI is InChI=1S/C30H48O4/c1-25-13-14-26(2,24(33)34)17-20(25)19-7-8-22-27(3)11-10-23(32)28(4,18-31)21(27)9-12-30(22,6)29(19,5)16-15-25/h7,20-23,31-32H,8-18H2,1-6H3,(H,33,34)/t20-,21+,22+,23-,25+,26+,27-,28-,29+,30+/m0/s1. The minimum absolute atomic E-state index is 0.0599. The van der Waals surface area contributed by atoms with Gasteiger partial charge in [0.15, 0.2) is 0 Å². The molecule has 0 bridgehead atoms. The zero-order valence-corrected chi connectivity index (χ0v) is 22.4. The van der Waals surface area contributed by atoms with E-state index in [4.69, 9.17) is 0 Å². The lowest BCUT2D eigenvalue weighted by molar-refractivity contribution is -0.215. The Kier molecular flexibility index (Phi) is 5.36. The van der Waals surface area contributed by atoms with E-state index in [1.807, 2.05) is 6.92 Å². The number of fused-ring (bicyclic) bond motifs is 7. The second-order valence-electron chi connectivity index (χ2n) is 14.8. The molecule has 0 aromatic carbocycles. The number of aliphatic hydroxyl groups excluding tert-OH is 2. The number of carboxylic acids is 1. The Balaban J connectivity index is 1.57. The van der Waals surface area contributed by atoms with Crippen molar-refractivity contribution in [3.63, 3.8) is 0 Å². The first kappa shape index (κ1) is 24.8. The van der Waals surface area contributed by atoms with Crippen LogP contribution in [0.2, 0.25) is 0 Å². The summed E-state index contributed by atoms with van der Waals surface area (Å²) in [5, 5.41) is 31.4. The van der Waals surface area contributed by atoms with Crippen LogP contribution in [-0.2, 0) is 4.79 Å². The average molecular weight is 473 g/mol. The molecule has 3 N–H and O–H groups in total. The predicted octanol–water partition coefficient (Wildman–Crippen LogP) is 6.21. The first-order valence-corrected chi connectivity index (χ1v) is 13.9. The fraction of sp³-hybridized carbons (Fsp3) is 0.900. The fourth-order valence-electron chi connectivity index (χ4n) is 10.6. The van der Waals surface area contributed by atoms with Crippen LogP contribution in [-0.4, -0.2) is 34.0 Å². The van der Waals surface area contributed by atoms with Gasteiger partial charge in [0.25, 0.3) is 0 Å². The van der Waals surface area contributed by atoms with Crippen molar-refractivity contribution in [2.75, 3.05) is 6.61 Å². The van der Waals surface area contributed by atoms with E-state index in [1.165, 1.54) is 12.8 Å². The Morgan fingerprint density at radius 3 is 2.26 bits per heavy atom. The van der Waals surface area contributed by atoms with Crippen LogP contribution in [0.15, 0.2) is 11.6 Å². The molecule has 34 heavy (non-hydrogen) atoms. The largest absolute Gasteiger partial charge is 0.481 e. The molecular weight excluding hydrogens is 424 g/mol. The highest BCUT2D eigenvalue weighted by molar-refractivity contribution is 5.74. The van der Waals surface area contributed by atoms with Crippen molar-refractivity contribution in [2.45, 2.75) is 112 Å². The molecule has 5 rings (SSSR count). The fourth-order valence-corrected chi connectivity index (χ4v) is 10.6. The summed E-state index contributed by atoms with van der Waals surface area (Å²) in [5.74, 6) is 0.605. The second kappa shape index (κ2) is 7.34. The monoisotopic (exact) mass is 472 g/mol. The third-order valence-corrected chi connectivity index (χ3v) is 13.5. The van der Waals surface area contributed by atoms with Crippen molar-refractivity contribution in [1.29, 1.82) is 0 Å². The lowest BCUT2D eigenvalue weighted by Crippen LogP contribution is -2.65. The number of aliphatic carboxylic acids is 1. The lowest BCUT2D eigenvalue weighted by Gasteiger charge is -2.71. The van der Waals surface area contributed by atoms with Gasteiger partial charge < -0.3 is 15.3 Å². The van der Waals surface area contributed by atoms with E-state index in [0.29, 0.717) is 17.8 Å². The minimum Gasteiger partial charge on any atom is -0.481 e. The Morgan fingerprint density at radius 1 is 0.941 bits per heavy atom. The van der Waals surface area contributed by atoms with Crippen LogP contribution in [0.25, 0.3) is 0 Å². The number of carboxylic acid groups (broad SMARTS) is 1. The van der Waals surface area contributed by atoms with E-state index < -0.39 is 22.9 Å². The summed E-state index contributed by atoms with van der Waals surface area (Å²) in [6, 6.07) is 0. The number of rotatable bonds is 2. The molecule has 4 saturated carbocycles. The van der Waals surface area contributed by atoms with Crippen LogP contribution in [0, 0.1) is 50.2 Å². The molecule has 5 aliphatic rings. The highest BCUT2D eigenvalue weighted by atomic mass is 16.4. The van der Waals surface area contributed by atoms with Crippen LogP contribution in [0.1, 0.15) is 106 Å². The van der Waals surface area contributed by atoms with Crippen molar-refractivity contribution < 1.29 is 20.1 Å². The Morgan fingerprint density at radius 2 is 1.62 bits per heavy atom. The molecule has 0 unspecified atom stereocenters. The number of aliphatic hydroxyl groups is 2. The molecule has 4 nitrogen and oxygen atoms in total. The normalized spacial score (nSPS) is 56.9. The summed E-state index contributed by atoms with van der Waals surface area (Å²) in [6.07, 6.45) is 12.2. The predicted molar refractivity (Wildman–Crippen MR) is 134 cm³/mol. The Hall–Kier alpha value is -0.870. The number of allylic oxidation sites excluding steroid dienone is 2. The molecule has 192 valence electrons. The highest BCUT2D eigenvalue weighted by Crippen LogP contribution is 2.75. The quantitative estimate of drug-likeness (QED) is 0.418. The zero-order chi connectivity index (χ0) is 24.9. The topological polar surface area (TPSA) is 77.8 Å². The van der Waals surface area contributed by atoms with Crippen LogP contribution in [0.3, 0.4) is 0 Å². The summed E-state index contributed by atoms with van der Waals surface area (Å²) in [4.78, 5) is 12.2. The lowest BCUT2D eigenvalue weighted by atomic mass is 9.33.